The van der Waals surface area contributed by atoms with Gasteiger partial charge in [0.05, 0.1) is 20.3 Å². The topological polar surface area (TPSA) is 61.6 Å². The van der Waals surface area contributed by atoms with Gasteiger partial charge in [-0.05, 0) is 24.6 Å². The zero-order valence-electron chi connectivity index (χ0n) is 10.1. The predicted octanol–water partition coefficient (Wildman–Crippen LogP) is 1.79. The van der Waals surface area contributed by atoms with Crippen LogP contribution in [0, 0.1) is 0 Å². The van der Waals surface area contributed by atoms with Gasteiger partial charge in [-0.15, -0.1) is 6.58 Å². The van der Waals surface area contributed by atoms with Crippen molar-refractivity contribution in [1.82, 2.24) is 0 Å². The Morgan fingerprint density at radius 1 is 1.41 bits per heavy atom. The quantitative estimate of drug-likeness (QED) is 0.603. The summed E-state index contributed by atoms with van der Waals surface area (Å²) in [7, 11) is 3.07. The van der Waals surface area contributed by atoms with Crippen LogP contribution >= 0.6 is 0 Å². The smallest absolute Gasteiger partial charge is 0.179 e. The molecule has 1 aromatic carbocycles. The molecule has 0 saturated heterocycles. The number of hydrogen-bond acceptors (Lipinski definition) is 4. The maximum atomic E-state index is 11.9. The molecule has 0 radical (unpaired) electrons. The van der Waals surface area contributed by atoms with Crippen LogP contribution in [0.2, 0.25) is 0 Å². The van der Waals surface area contributed by atoms with E-state index in [0.29, 0.717) is 23.5 Å². The Balaban J connectivity index is 2.99. The van der Waals surface area contributed by atoms with Crippen LogP contribution in [0.25, 0.3) is 0 Å². The van der Waals surface area contributed by atoms with Crippen molar-refractivity contribution in [1.29, 1.82) is 0 Å². The van der Waals surface area contributed by atoms with Crippen molar-refractivity contribution in [2.45, 2.75) is 12.5 Å². The monoisotopic (exact) mass is 235 g/mol. The summed E-state index contributed by atoms with van der Waals surface area (Å²) >= 11 is 0. The number of ketones is 1. The Morgan fingerprint density at radius 2 is 2.06 bits per heavy atom. The zero-order valence-corrected chi connectivity index (χ0v) is 10.1. The molecule has 4 heteroatoms. The fourth-order valence-corrected chi connectivity index (χ4v) is 1.49. The number of carbonyl (C=O) groups is 1. The lowest BCUT2D eigenvalue weighted by atomic mass is 10.0. The summed E-state index contributed by atoms with van der Waals surface area (Å²) < 4.78 is 10.2. The number of carbonyl (C=O) groups excluding carboxylic acids is 1. The van der Waals surface area contributed by atoms with Crippen LogP contribution < -0.4 is 15.2 Å². The van der Waals surface area contributed by atoms with Gasteiger partial charge in [0.15, 0.2) is 17.3 Å². The van der Waals surface area contributed by atoms with E-state index >= 15 is 0 Å². The van der Waals surface area contributed by atoms with Gasteiger partial charge in [0, 0.05) is 5.56 Å². The highest BCUT2D eigenvalue weighted by molar-refractivity contribution is 6.00. The Morgan fingerprint density at radius 3 is 2.59 bits per heavy atom. The molecule has 0 fully saturated rings. The molecule has 0 aliphatic rings. The van der Waals surface area contributed by atoms with E-state index in [1.54, 1.807) is 31.4 Å². The lowest BCUT2D eigenvalue weighted by Crippen LogP contribution is -2.29. The van der Waals surface area contributed by atoms with Crippen molar-refractivity contribution < 1.29 is 14.3 Å². The molecule has 4 nitrogen and oxygen atoms in total. The van der Waals surface area contributed by atoms with Crippen LogP contribution in [0.3, 0.4) is 0 Å². The molecule has 0 spiro atoms. The minimum atomic E-state index is -0.564. The Bertz CT molecular complexity index is 415. The lowest BCUT2D eigenvalue weighted by Gasteiger charge is -2.11. The fraction of sp³-hybridized carbons (Fsp3) is 0.308. The van der Waals surface area contributed by atoms with Crippen molar-refractivity contribution in [2.24, 2.45) is 5.73 Å². The van der Waals surface area contributed by atoms with Gasteiger partial charge in [0.25, 0.3) is 0 Å². The number of rotatable bonds is 6. The van der Waals surface area contributed by atoms with Crippen molar-refractivity contribution in [3.8, 4) is 11.5 Å². The summed E-state index contributed by atoms with van der Waals surface area (Å²) in [5.41, 5.74) is 6.24. The summed E-state index contributed by atoms with van der Waals surface area (Å²) in [4.78, 5) is 11.9. The zero-order chi connectivity index (χ0) is 12.8. The summed E-state index contributed by atoms with van der Waals surface area (Å²) in [5, 5.41) is 0. The number of Topliss-reactive ketones (excluding diaryl/α,β-unsaturated/α-hetero) is 1. The number of ether oxygens (including phenoxy) is 2. The van der Waals surface area contributed by atoms with Crippen molar-refractivity contribution in [2.75, 3.05) is 14.2 Å². The van der Waals surface area contributed by atoms with Crippen LogP contribution in [0.4, 0.5) is 0 Å². The van der Waals surface area contributed by atoms with E-state index in [-0.39, 0.29) is 5.78 Å². The summed E-state index contributed by atoms with van der Waals surface area (Å²) in [6, 6.07) is 4.43. The van der Waals surface area contributed by atoms with E-state index in [1.807, 2.05) is 0 Å². The first-order valence-electron chi connectivity index (χ1n) is 5.26. The molecule has 0 aromatic heterocycles. The number of benzene rings is 1. The fourth-order valence-electron chi connectivity index (χ4n) is 1.49. The molecule has 1 unspecified atom stereocenters. The molecule has 1 atom stereocenters. The Hall–Kier alpha value is -1.81. The van der Waals surface area contributed by atoms with Gasteiger partial charge in [-0.2, -0.15) is 0 Å². The average molecular weight is 235 g/mol. The third kappa shape index (κ3) is 3.07. The first-order valence-corrected chi connectivity index (χ1v) is 5.26. The Kier molecular flexibility index (Phi) is 4.72. The van der Waals surface area contributed by atoms with E-state index in [4.69, 9.17) is 15.2 Å². The SMILES string of the molecule is C=CCC(N)C(=O)c1ccc(OC)c(OC)c1. The minimum Gasteiger partial charge on any atom is -0.493 e. The number of hydrogen-bond donors (Lipinski definition) is 1. The second-order valence-corrected chi connectivity index (χ2v) is 3.56. The summed E-state index contributed by atoms with van der Waals surface area (Å²) in [6.45, 7) is 3.56. The van der Waals surface area contributed by atoms with E-state index in [2.05, 4.69) is 6.58 Å². The van der Waals surface area contributed by atoms with E-state index in [0.717, 1.165) is 0 Å². The molecular formula is C13H17NO3. The van der Waals surface area contributed by atoms with E-state index in [9.17, 15) is 4.79 Å². The third-order valence-electron chi connectivity index (χ3n) is 2.43. The maximum Gasteiger partial charge on any atom is 0.179 e. The molecule has 1 rings (SSSR count). The number of nitrogens with two attached hydrogens (primary N) is 1. The highest BCUT2D eigenvalue weighted by Crippen LogP contribution is 2.28. The Labute approximate surface area is 101 Å². The minimum absolute atomic E-state index is 0.133. The highest BCUT2D eigenvalue weighted by Gasteiger charge is 2.16. The molecule has 17 heavy (non-hydrogen) atoms. The van der Waals surface area contributed by atoms with Crippen LogP contribution in [0.1, 0.15) is 16.8 Å². The molecule has 0 amide bonds. The van der Waals surface area contributed by atoms with Crippen LogP contribution in [-0.4, -0.2) is 26.0 Å². The average Bonchev–Trinajstić information content (AvgIpc) is 2.37. The van der Waals surface area contributed by atoms with Gasteiger partial charge < -0.3 is 15.2 Å². The largest absolute Gasteiger partial charge is 0.493 e. The van der Waals surface area contributed by atoms with Crippen molar-refractivity contribution in [3.63, 3.8) is 0 Å². The van der Waals surface area contributed by atoms with Crippen LogP contribution in [0.5, 0.6) is 11.5 Å². The molecule has 1 aromatic rings. The highest BCUT2D eigenvalue weighted by atomic mass is 16.5. The second kappa shape index (κ2) is 6.06. The molecule has 92 valence electrons. The van der Waals surface area contributed by atoms with Gasteiger partial charge in [-0.25, -0.2) is 0 Å². The van der Waals surface area contributed by atoms with Gasteiger partial charge in [-0.3, -0.25) is 4.79 Å². The van der Waals surface area contributed by atoms with Gasteiger partial charge in [-0.1, -0.05) is 6.08 Å². The molecule has 0 aliphatic carbocycles. The molecule has 0 heterocycles. The van der Waals surface area contributed by atoms with Crippen LogP contribution in [0.15, 0.2) is 30.9 Å². The molecule has 0 aliphatic heterocycles. The van der Waals surface area contributed by atoms with Crippen molar-refractivity contribution in [3.05, 3.63) is 36.4 Å². The lowest BCUT2D eigenvalue weighted by molar-refractivity contribution is 0.0961. The maximum absolute atomic E-state index is 11.9. The third-order valence-corrected chi connectivity index (χ3v) is 2.43. The van der Waals surface area contributed by atoms with Gasteiger partial charge in [0.2, 0.25) is 0 Å². The van der Waals surface area contributed by atoms with E-state index in [1.165, 1.54) is 7.11 Å². The van der Waals surface area contributed by atoms with Crippen molar-refractivity contribution >= 4 is 5.78 Å². The van der Waals surface area contributed by atoms with Gasteiger partial charge >= 0.3 is 0 Å². The van der Waals surface area contributed by atoms with Gasteiger partial charge in [0.1, 0.15) is 0 Å². The molecular weight excluding hydrogens is 218 g/mol. The standard InChI is InChI=1S/C13H17NO3/c1-4-5-10(14)13(15)9-6-7-11(16-2)12(8-9)17-3/h4,6-8,10H,1,5,14H2,2-3H3. The molecule has 2 N–H and O–H groups in total. The first kappa shape index (κ1) is 13.3. The molecule has 0 saturated carbocycles. The number of methoxy groups -OCH3 is 2. The summed E-state index contributed by atoms with van der Waals surface area (Å²) in [5.74, 6) is 0.969. The first-order chi connectivity index (χ1) is 8.13. The second-order valence-electron chi connectivity index (χ2n) is 3.56. The van der Waals surface area contributed by atoms with E-state index < -0.39 is 6.04 Å². The molecule has 0 bridgehead atoms. The predicted molar refractivity (Wildman–Crippen MR) is 66.7 cm³/mol. The normalized spacial score (nSPS) is 11.7. The van der Waals surface area contributed by atoms with Crippen LogP contribution in [-0.2, 0) is 0 Å². The summed E-state index contributed by atoms with van der Waals surface area (Å²) in [6.07, 6.45) is 2.08.